The summed E-state index contributed by atoms with van der Waals surface area (Å²) < 4.78 is 19.8. The van der Waals surface area contributed by atoms with Gasteiger partial charge in [-0.25, -0.2) is 4.39 Å². The molecule has 2 rings (SSSR count). The fourth-order valence-corrected chi connectivity index (χ4v) is 3.28. The van der Waals surface area contributed by atoms with Gasteiger partial charge >= 0.3 is 0 Å². The van der Waals surface area contributed by atoms with Crippen molar-refractivity contribution in [3.05, 3.63) is 12.2 Å². The Kier molecular flexibility index (Phi) is 2.90. The molecule has 0 aliphatic heterocycles. The Balaban J connectivity index is 1.91. The van der Waals surface area contributed by atoms with Crippen LogP contribution >= 0.6 is 0 Å². The summed E-state index contributed by atoms with van der Waals surface area (Å²) in [4.78, 5) is 0. The third-order valence-corrected chi connectivity index (χ3v) is 3.56. The highest BCUT2D eigenvalue weighted by Crippen LogP contribution is 2.47. The van der Waals surface area contributed by atoms with Crippen LogP contribution in [0, 0.1) is 17.8 Å². The molecule has 16 heavy (non-hydrogen) atoms. The van der Waals surface area contributed by atoms with Gasteiger partial charge in [-0.2, -0.15) is 0 Å². The predicted molar refractivity (Wildman–Crippen MR) is 63.8 cm³/mol. The number of rotatable bonds is 3. The summed E-state index contributed by atoms with van der Waals surface area (Å²) in [6, 6.07) is 0. The molecule has 0 heterocycles. The van der Waals surface area contributed by atoms with Gasteiger partial charge in [-0.3, -0.25) is 0 Å². The first-order chi connectivity index (χ1) is 7.25. The second-order valence-corrected chi connectivity index (χ2v) is 6.56. The Bertz CT molecular complexity index is 288. The van der Waals surface area contributed by atoms with Crippen molar-refractivity contribution < 1.29 is 9.13 Å². The zero-order valence-corrected chi connectivity index (χ0v) is 10.8. The molecule has 2 aliphatic rings. The lowest BCUT2D eigenvalue weighted by Crippen LogP contribution is -2.36. The van der Waals surface area contributed by atoms with Crippen molar-refractivity contribution in [2.45, 2.75) is 58.4 Å². The quantitative estimate of drug-likeness (QED) is 0.659. The molecule has 2 bridgehead atoms. The molecular weight excluding hydrogens is 203 g/mol. The number of allylic oxidation sites excluding steroid dienone is 2. The lowest BCUT2D eigenvalue weighted by atomic mass is 9.88. The van der Waals surface area contributed by atoms with E-state index in [9.17, 15) is 4.39 Å². The molecule has 2 heteroatoms. The van der Waals surface area contributed by atoms with Crippen LogP contribution in [0.4, 0.5) is 4.39 Å². The molecule has 0 amide bonds. The second-order valence-electron chi connectivity index (χ2n) is 6.56. The third kappa shape index (κ3) is 2.85. The highest BCUT2D eigenvalue weighted by Gasteiger charge is 2.41. The topological polar surface area (TPSA) is 9.23 Å². The summed E-state index contributed by atoms with van der Waals surface area (Å²) in [7, 11) is 0. The van der Waals surface area contributed by atoms with Crippen LogP contribution < -0.4 is 0 Å². The molecular formula is C14H23FO. The Morgan fingerprint density at radius 1 is 1.19 bits per heavy atom. The van der Waals surface area contributed by atoms with E-state index in [2.05, 4.69) is 12.2 Å². The third-order valence-electron chi connectivity index (χ3n) is 3.56. The highest BCUT2D eigenvalue weighted by atomic mass is 19.2. The van der Waals surface area contributed by atoms with Gasteiger partial charge in [0.2, 0.25) is 5.85 Å². The summed E-state index contributed by atoms with van der Waals surface area (Å²) in [5.74, 6) is 0.303. The molecule has 1 nitrogen and oxygen atoms in total. The Hall–Kier alpha value is -0.370. The molecule has 0 radical (unpaired) electrons. The minimum absolute atomic E-state index is 0.406. The molecule has 4 atom stereocenters. The van der Waals surface area contributed by atoms with Gasteiger partial charge in [-0.05, 0) is 58.3 Å². The normalized spacial score (nSPS) is 36.7. The maximum atomic E-state index is 14.3. The number of halogens is 1. The summed E-state index contributed by atoms with van der Waals surface area (Å²) in [6.07, 6.45) is 7.48. The first-order valence-electron chi connectivity index (χ1n) is 6.33. The SMILES string of the molecule is CC(C)(C)OC(C)(F)CC1CC2C=CC1C2. The van der Waals surface area contributed by atoms with Crippen LogP contribution in [0.1, 0.15) is 47.0 Å². The van der Waals surface area contributed by atoms with Crippen molar-refractivity contribution in [3.8, 4) is 0 Å². The van der Waals surface area contributed by atoms with E-state index in [0.29, 0.717) is 24.2 Å². The number of ether oxygens (including phenoxy) is 1. The zero-order valence-electron chi connectivity index (χ0n) is 10.8. The molecule has 4 unspecified atom stereocenters. The van der Waals surface area contributed by atoms with Crippen LogP contribution in [0.15, 0.2) is 12.2 Å². The monoisotopic (exact) mass is 226 g/mol. The Labute approximate surface area is 98.1 Å². The molecule has 0 N–H and O–H groups in total. The molecule has 0 aromatic heterocycles. The van der Waals surface area contributed by atoms with E-state index in [1.165, 1.54) is 6.42 Å². The number of fused-ring (bicyclic) bond motifs is 2. The second kappa shape index (κ2) is 3.83. The van der Waals surface area contributed by atoms with E-state index in [1.54, 1.807) is 6.92 Å². The van der Waals surface area contributed by atoms with Gasteiger partial charge in [0.05, 0.1) is 5.60 Å². The predicted octanol–water partition coefficient (Wildman–Crippen LogP) is 4.09. The first kappa shape index (κ1) is 12.1. The first-order valence-corrected chi connectivity index (χ1v) is 6.33. The van der Waals surface area contributed by atoms with Gasteiger partial charge in [0.1, 0.15) is 0 Å². The van der Waals surface area contributed by atoms with E-state index in [4.69, 9.17) is 4.74 Å². The maximum Gasteiger partial charge on any atom is 0.207 e. The average Bonchev–Trinajstić information content (AvgIpc) is 2.57. The molecule has 1 saturated carbocycles. The van der Waals surface area contributed by atoms with E-state index in [-0.39, 0.29) is 0 Å². The molecule has 1 fully saturated rings. The molecule has 0 aromatic rings. The van der Waals surface area contributed by atoms with Crippen molar-refractivity contribution in [1.29, 1.82) is 0 Å². The molecule has 0 spiro atoms. The van der Waals surface area contributed by atoms with Crippen molar-refractivity contribution in [3.63, 3.8) is 0 Å². The molecule has 92 valence electrons. The van der Waals surface area contributed by atoms with Gasteiger partial charge in [0.25, 0.3) is 0 Å². The smallest absolute Gasteiger partial charge is 0.207 e. The fraction of sp³-hybridized carbons (Fsp3) is 0.857. The van der Waals surface area contributed by atoms with Crippen molar-refractivity contribution in [2.75, 3.05) is 0 Å². The minimum Gasteiger partial charge on any atom is -0.340 e. The summed E-state index contributed by atoms with van der Waals surface area (Å²) in [5, 5.41) is 0. The standard InChI is InChI=1S/C14H23FO/c1-13(2,3)16-14(4,15)9-12-8-10-5-6-11(12)7-10/h5-6,10-12H,7-9H2,1-4H3. The van der Waals surface area contributed by atoms with Gasteiger partial charge in [0.15, 0.2) is 0 Å². The van der Waals surface area contributed by atoms with E-state index >= 15 is 0 Å². The summed E-state index contributed by atoms with van der Waals surface area (Å²) in [6.45, 7) is 7.30. The average molecular weight is 226 g/mol. The highest BCUT2D eigenvalue weighted by molar-refractivity contribution is 5.10. The molecule has 2 aliphatic carbocycles. The van der Waals surface area contributed by atoms with Gasteiger partial charge in [-0.15, -0.1) is 0 Å². The number of hydrogen-bond donors (Lipinski definition) is 0. The van der Waals surface area contributed by atoms with Crippen molar-refractivity contribution in [2.24, 2.45) is 17.8 Å². The van der Waals surface area contributed by atoms with Crippen molar-refractivity contribution >= 4 is 0 Å². The number of alkyl halides is 1. The molecule has 0 aromatic carbocycles. The maximum absolute atomic E-state index is 14.3. The van der Waals surface area contributed by atoms with Crippen LogP contribution in [-0.2, 0) is 4.74 Å². The largest absolute Gasteiger partial charge is 0.340 e. The van der Waals surface area contributed by atoms with E-state index < -0.39 is 11.5 Å². The van der Waals surface area contributed by atoms with Gasteiger partial charge in [0, 0.05) is 6.42 Å². The van der Waals surface area contributed by atoms with Crippen LogP contribution in [0.3, 0.4) is 0 Å². The lowest BCUT2D eigenvalue weighted by molar-refractivity contribution is -0.205. The van der Waals surface area contributed by atoms with Gasteiger partial charge in [-0.1, -0.05) is 12.2 Å². The van der Waals surface area contributed by atoms with Crippen LogP contribution in [0.5, 0.6) is 0 Å². The summed E-state index contributed by atoms with van der Waals surface area (Å²) in [5.41, 5.74) is -0.406. The fourth-order valence-electron chi connectivity index (χ4n) is 3.28. The minimum atomic E-state index is -1.48. The van der Waals surface area contributed by atoms with Crippen LogP contribution in [0.2, 0.25) is 0 Å². The van der Waals surface area contributed by atoms with Crippen molar-refractivity contribution in [1.82, 2.24) is 0 Å². The zero-order chi connectivity index (χ0) is 12.0. The van der Waals surface area contributed by atoms with E-state index in [0.717, 1.165) is 6.42 Å². The Morgan fingerprint density at radius 3 is 2.31 bits per heavy atom. The number of hydrogen-bond acceptors (Lipinski definition) is 1. The Morgan fingerprint density at radius 2 is 1.88 bits per heavy atom. The molecule has 0 saturated heterocycles. The van der Waals surface area contributed by atoms with E-state index in [1.807, 2.05) is 20.8 Å². The van der Waals surface area contributed by atoms with Crippen LogP contribution in [0.25, 0.3) is 0 Å². The van der Waals surface area contributed by atoms with Gasteiger partial charge < -0.3 is 4.74 Å². The lowest BCUT2D eigenvalue weighted by Gasteiger charge is -2.33. The summed E-state index contributed by atoms with van der Waals surface area (Å²) >= 11 is 0. The van der Waals surface area contributed by atoms with Crippen LogP contribution in [-0.4, -0.2) is 11.5 Å².